The lowest BCUT2D eigenvalue weighted by atomic mass is 10.1. The molecule has 0 bridgehead atoms. The largest absolute Gasteiger partial charge is 0.298 e. The van der Waals surface area contributed by atoms with Crippen LogP contribution in [0.4, 0.5) is 4.39 Å². The van der Waals surface area contributed by atoms with Crippen LogP contribution in [0.3, 0.4) is 0 Å². The minimum Gasteiger partial charge on any atom is -0.298 e. The highest BCUT2D eigenvalue weighted by Gasteiger charge is 2.40. The van der Waals surface area contributed by atoms with Crippen LogP contribution in [-0.4, -0.2) is 49.8 Å². The van der Waals surface area contributed by atoms with Crippen LogP contribution in [0.1, 0.15) is 12.8 Å². The molecule has 0 unspecified atom stereocenters. The van der Waals surface area contributed by atoms with Crippen LogP contribution in [0.15, 0.2) is 23.1 Å². The second kappa shape index (κ2) is 5.26. The maximum atomic E-state index is 13.1. The molecule has 2 aliphatic heterocycles. The van der Waals surface area contributed by atoms with E-state index in [4.69, 9.17) is 11.6 Å². The van der Waals surface area contributed by atoms with Crippen molar-refractivity contribution in [3.63, 3.8) is 0 Å². The minimum atomic E-state index is -3.55. The molecule has 3 rings (SSSR count). The van der Waals surface area contributed by atoms with E-state index in [1.165, 1.54) is 29.3 Å². The van der Waals surface area contributed by atoms with Gasteiger partial charge in [0.15, 0.2) is 0 Å². The zero-order chi connectivity index (χ0) is 14.3. The van der Waals surface area contributed by atoms with Gasteiger partial charge in [0.2, 0.25) is 10.0 Å². The molecule has 0 amide bonds. The lowest BCUT2D eigenvalue weighted by molar-refractivity contribution is 0.110. The van der Waals surface area contributed by atoms with Crippen molar-refractivity contribution >= 4 is 21.6 Å². The van der Waals surface area contributed by atoms with Gasteiger partial charge in [0.1, 0.15) is 5.82 Å². The molecule has 0 aromatic heterocycles. The molecule has 2 heterocycles. The third kappa shape index (κ3) is 2.45. The molecule has 0 N–H and O–H groups in total. The van der Waals surface area contributed by atoms with E-state index in [-0.39, 0.29) is 9.92 Å². The van der Waals surface area contributed by atoms with Crippen LogP contribution in [0.25, 0.3) is 0 Å². The van der Waals surface area contributed by atoms with Crippen molar-refractivity contribution < 1.29 is 12.8 Å². The molecule has 4 nitrogen and oxygen atoms in total. The van der Waals surface area contributed by atoms with E-state index < -0.39 is 15.8 Å². The van der Waals surface area contributed by atoms with Crippen molar-refractivity contribution in [2.75, 3.05) is 26.2 Å². The molecule has 110 valence electrons. The Morgan fingerprint density at radius 3 is 2.45 bits per heavy atom. The second-order valence-electron chi connectivity index (χ2n) is 5.29. The zero-order valence-electron chi connectivity index (χ0n) is 10.9. The average molecular weight is 319 g/mol. The first kappa shape index (κ1) is 14.3. The molecule has 0 spiro atoms. The molecular formula is C13H16ClFN2O2S. The molecule has 1 aromatic carbocycles. The molecular weight excluding hydrogens is 303 g/mol. The fraction of sp³-hybridized carbons (Fsp3) is 0.538. The van der Waals surface area contributed by atoms with Crippen molar-refractivity contribution in [2.45, 2.75) is 23.8 Å². The van der Waals surface area contributed by atoms with E-state index in [1.807, 2.05) is 0 Å². The lowest BCUT2D eigenvalue weighted by Gasteiger charge is -2.42. The average Bonchev–Trinajstić information content (AvgIpc) is 2.84. The van der Waals surface area contributed by atoms with Crippen molar-refractivity contribution in [3.8, 4) is 0 Å². The van der Waals surface area contributed by atoms with E-state index in [0.717, 1.165) is 19.2 Å². The van der Waals surface area contributed by atoms with Gasteiger partial charge >= 0.3 is 0 Å². The molecule has 7 heteroatoms. The quantitative estimate of drug-likeness (QED) is 0.855. The van der Waals surface area contributed by atoms with Gasteiger partial charge in [-0.1, -0.05) is 11.6 Å². The van der Waals surface area contributed by atoms with E-state index in [0.29, 0.717) is 19.1 Å². The maximum Gasteiger partial charge on any atom is 0.243 e. The van der Waals surface area contributed by atoms with Gasteiger partial charge in [-0.15, -0.1) is 0 Å². The van der Waals surface area contributed by atoms with Crippen molar-refractivity contribution in [1.29, 1.82) is 0 Å². The Hall–Kier alpha value is -0.690. The van der Waals surface area contributed by atoms with E-state index in [9.17, 15) is 12.8 Å². The number of benzene rings is 1. The molecule has 1 aromatic rings. The van der Waals surface area contributed by atoms with E-state index in [2.05, 4.69) is 4.90 Å². The number of rotatable bonds is 3. The SMILES string of the molecule is O=S(=O)(c1ccc(F)c(Cl)c1)N1CC(N2CCCC2)C1. The van der Waals surface area contributed by atoms with Crippen LogP contribution < -0.4 is 0 Å². The van der Waals surface area contributed by atoms with Gasteiger partial charge in [-0.25, -0.2) is 12.8 Å². The standard InChI is InChI=1S/C13H16ClFN2O2S/c14-12-7-11(3-4-13(12)15)20(18,19)17-8-10(9-17)16-5-1-2-6-16/h3-4,7,10H,1-2,5-6,8-9H2. The number of halogens is 2. The van der Waals surface area contributed by atoms with E-state index in [1.54, 1.807) is 0 Å². The predicted octanol–water partition coefficient (Wildman–Crippen LogP) is 1.95. The Labute approximate surface area is 123 Å². The lowest BCUT2D eigenvalue weighted by Crippen LogP contribution is -2.60. The summed E-state index contributed by atoms with van der Waals surface area (Å²) in [5, 5.41) is -0.164. The summed E-state index contributed by atoms with van der Waals surface area (Å²) in [4.78, 5) is 2.40. The van der Waals surface area contributed by atoms with Gasteiger partial charge in [0, 0.05) is 19.1 Å². The fourth-order valence-corrected chi connectivity index (χ4v) is 4.52. The molecule has 0 saturated carbocycles. The minimum absolute atomic E-state index is 0.0590. The summed E-state index contributed by atoms with van der Waals surface area (Å²) < 4.78 is 39.3. The first-order chi connectivity index (χ1) is 9.48. The first-order valence-corrected chi connectivity index (χ1v) is 8.49. The number of likely N-dealkylation sites (tertiary alicyclic amines) is 1. The summed E-state index contributed by atoms with van der Waals surface area (Å²) in [7, 11) is -3.55. The van der Waals surface area contributed by atoms with Crippen molar-refractivity contribution in [3.05, 3.63) is 29.0 Å². The molecule has 0 atom stereocenters. The molecule has 0 aliphatic carbocycles. The van der Waals surface area contributed by atoms with Crippen molar-refractivity contribution in [1.82, 2.24) is 9.21 Å². The topological polar surface area (TPSA) is 40.6 Å². The van der Waals surface area contributed by atoms with E-state index >= 15 is 0 Å². The second-order valence-corrected chi connectivity index (χ2v) is 7.64. The zero-order valence-corrected chi connectivity index (χ0v) is 12.5. The summed E-state index contributed by atoms with van der Waals surface area (Å²) in [5.41, 5.74) is 0. The monoisotopic (exact) mass is 318 g/mol. The Morgan fingerprint density at radius 1 is 1.20 bits per heavy atom. The number of hydrogen-bond donors (Lipinski definition) is 0. The van der Waals surface area contributed by atoms with Crippen LogP contribution >= 0.6 is 11.6 Å². The first-order valence-electron chi connectivity index (χ1n) is 6.68. The number of sulfonamides is 1. The van der Waals surface area contributed by atoms with Gasteiger partial charge in [-0.3, -0.25) is 4.90 Å². The Bertz CT molecular complexity index is 611. The Balaban J connectivity index is 1.72. The summed E-state index contributed by atoms with van der Waals surface area (Å²) >= 11 is 5.65. The Morgan fingerprint density at radius 2 is 1.85 bits per heavy atom. The fourth-order valence-electron chi connectivity index (χ4n) is 2.74. The third-order valence-corrected chi connectivity index (χ3v) is 6.13. The van der Waals surface area contributed by atoms with Gasteiger partial charge in [-0.05, 0) is 44.1 Å². The van der Waals surface area contributed by atoms with Crippen molar-refractivity contribution in [2.24, 2.45) is 0 Å². The van der Waals surface area contributed by atoms with Gasteiger partial charge in [0.25, 0.3) is 0 Å². The third-order valence-electron chi connectivity index (χ3n) is 4.01. The van der Waals surface area contributed by atoms with Crippen LogP contribution in [0.5, 0.6) is 0 Å². The van der Waals surface area contributed by atoms with Crippen LogP contribution in [0.2, 0.25) is 5.02 Å². The summed E-state index contributed by atoms with van der Waals surface area (Å²) in [5.74, 6) is -0.607. The molecule has 20 heavy (non-hydrogen) atoms. The molecule has 0 radical (unpaired) electrons. The highest BCUT2D eigenvalue weighted by Crippen LogP contribution is 2.28. The van der Waals surface area contributed by atoms with Crippen LogP contribution in [-0.2, 0) is 10.0 Å². The summed E-state index contributed by atoms with van der Waals surface area (Å²) in [6.07, 6.45) is 2.38. The normalized spacial score (nSPS) is 22.1. The number of nitrogens with zero attached hydrogens (tertiary/aromatic N) is 2. The number of hydrogen-bond acceptors (Lipinski definition) is 3. The van der Waals surface area contributed by atoms with Gasteiger partial charge < -0.3 is 0 Å². The summed E-state index contributed by atoms with van der Waals surface area (Å²) in [6, 6.07) is 3.85. The molecule has 2 fully saturated rings. The van der Waals surface area contributed by atoms with Gasteiger partial charge in [-0.2, -0.15) is 4.31 Å². The highest BCUT2D eigenvalue weighted by atomic mass is 35.5. The molecule has 2 saturated heterocycles. The van der Waals surface area contributed by atoms with Crippen LogP contribution in [0, 0.1) is 5.82 Å². The maximum absolute atomic E-state index is 13.1. The molecule has 2 aliphatic rings. The highest BCUT2D eigenvalue weighted by molar-refractivity contribution is 7.89. The predicted molar refractivity (Wildman–Crippen MR) is 74.8 cm³/mol. The summed E-state index contributed by atoms with van der Waals surface area (Å²) in [6.45, 7) is 3.14. The smallest absolute Gasteiger partial charge is 0.243 e. The Kier molecular flexibility index (Phi) is 3.75. The van der Waals surface area contributed by atoms with Gasteiger partial charge in [0.05, 0.1) is 9.92 Å².